The van der Waals surface area contributed by atoms with Crippen LogP contribution in [0.5, 0.6) is 0 Å². The number of aromatic nitrogens is 1. The molecular formula is C18H13F2N. The summed E-state index contributed by atoms with van der Waals surface area (Å²) < 4.78 is 27.4. The van der Waals surface area contributed by atoms with Gasteiger partial charge in [0.2, 0.25) is 5.95 Å². The van der Waals surface area contributed by atoms with Gasteiger partial charge in [-0.15, -0.1) is 0 Å². The third-order valence-corrected chi connectivity index (χ3v) is 3.33. The van der Waals surface area contributed by atoms with Gasteiger partial charge >= 0.3 is 0 Å². The zero-order chi connectivity index (χ0) is 14.8. The van der Waals surface area contributed by atoms with Gasteiger partial charge in [-0.1, -0.05) is 42.0 Å². The van der Waals surface area contributed by atoms with Crippen LogP contribution in [0.4, 0.5) is 8.78 Å². The van der Waals surface area contributed by atoms with Gasteiger partial charge in [0, 0.05) is 11.1 Å². The molecule has 1 nitrogen and oxygen atoms in total. The summed E-state index contributed by atoms with van der Waals surface area (Å²) in [4.78, 5) is 3.99. The number of pyridine rings is 1. The van der Waals surface area contributed by atoms with Crippen LogP contribution in [0.25, 0.3) is 22.4 Å². The Morgan fingerprint density at radius 2 is 1.57 bits per heavy atom. The molecule has 0 fully saturated rings. The Morgan fingerprint density at radius 3 is 2.24 bits per heavy atom. The third-order valence-electron chi connectivity index (χ3n) is 3.33. The Balaban J connectivity index is 2.02. The van der Waals surface area contributed by atoms with E-state index in [1.165, 1.54) is 12.1 Å². The van der Waals surface area contributed by atoms with Crippen LogP contribution >= 0.6 is 0 Å². The van der Waals surface area contributed by atoms with Crippen molar-refractivity contribution in [1.82, 2.24) is 4.98 Å². The number of aryl methyl sites for hydroxylation is 1. The van der Waals surface area contributed by atoms with Crippen molar-refractivity contribution in [2.45, 2.75) is 6.92 Å². The standard InChI is InChI=1S/C18H13F2N/c1-12-5-7-13(8-6-12)17-10-9-16(18(20)21-17)14-3-2-4-15(19)11-14/h2-11H,1H3. The van der Waals surface area contributed by atoms with Gasteiger partial charge in [0.25, 0.3) is 0 Å². The summed E-state index contributed by atoms with van der Waals surface area (Å²) in [5.41, 5.74) is 3.33. The van der Waals surface area contributed by atoms with E-state index in [4.69, 9.17) is 0 Å². The van der Waals surface area contributed by atoms with E-state index in [2.05, 4.69) is 4.98 Å². The Kier molecular flexibility index (Phi) is 3.48. The summed E-state index contributed by atoms with van der Waals surface area (Å²) in [5, 5.41) is 0. The molecule has 0 saturated carbocycles. The van der Waals surface area contributed by atoms with Crippen LogP contribution in [-0.2, 0) is 0 Å². The minimum atomic E-state index is -0.598. The number of rotatable bonds is 2. The molecule has 0 spiro atoms. The predicted octanol–water partition coefficient (Wildman–Crippen LogP) is 5.00. The molecule has 0 aliphatic heterocycles. The molecule has 0 bridgehead atoms. The topological polar surface area (TPSA) is 12.9 Å². The second-order valence-electron chi connectivity index (χ2n) is 4.91. The fourth-order valence-corrected chi connectivity index (χ4v) is 2.19. The lowest BCUT2D eigenvalue weighted by atomic mass is 10.0. The van der Waals surface area contributed by atoms with Crippen LogP contribution in [0.3, 0.4) is 0 Å². The van der Waals surface area contributed by atoms with E-state index in [1.807, 2.05) is 31.2 Å². The summed E-state index contributed by atoms with van der Waals surface area (Å²) in [5.74, 6) is -0.992. The second kappa shape index (κ2) is 5.44. The van der Waals surface area contributed by atoms with Gasteiger partial charge in [-0.2, -0.15) is 4.39 Å². The minimum Gasteiger partial charge on any atom is -0.219 e. The van der Waals surface area contributed by atoms with Crippen LogP contribution < -0.4 is 0 Å². The van der Waals surface area contributed by atoms with Crippen molar-refractivity contribution in [2.75, 3.05) is 0 Å². The highest BCUT2D eigenvalue weighted by Gasteiger charge is 2.09. The lowest BCUT2D eigenvalue weighted by molar-refractivity contribution is 0.588. The molecule has 104 valence electrons. The zero-order valence-corrected chi connectivity index (χ0v) is 11.5. The fourth-order valence-electron chi connectivity index (χ4n) is 2.19. The van der Waals surface area contributed by atoms with Crippen LogP contribution in [-0.4, -0.2) is 4.98 Å². The molecule has 1 aromatic heterocycles. The van der Waals surface area contributed by atoms with Crippen molar-refractivity contribution in [3.8, 4) is 22.4 Å². The van der Waals surface area contributed by atoms with Crippen LogP contribution in [0.2, 0.25) is 0 Å². The predicted molar refractivity (Wildman–Crippen MR) is 79.8 cm³/mol. The molecule has 0 radical (unpaired) electrons. The molecule has 1 heterocycles. The number of nitrogens with zero attached hydrogens (tertiary/aromatic N) is 1. The molecule has 0 N–H and O–H groups in total. The monoisotopic (exact) mass is 281 g/mol. The number of hydrogen-bond donors (Lipinski definition) is 0. The summed E-state index contributed by atoms with van der Waals surface area (Å²) in [6.07, 6.45) is 0. The van der Waals surface area contributed by atoms with Crippen LogP contribution in [0.1, 0.15) is 5.56 Å². The molecule has 0 aliphatic carbocycles. The summed E-state index contributed by atoms with van der Waals surface area (Å²) in [7, 11) is 0. The van der Waals surface area contributed by atoms with Crippen LogP contribution in [0.15, 0.2) is 60.7 Å². The maximum absolute atomic E-state index is 14.2. The van der Waals surface area contributed by atoms with Gasteiger partial charge in [0.05, 0.1) is 5.69 Å². The molecule has 0 amide bonds. The van der Waals surface area contributed by atoms with E-state index in [0.29, 0.717) is 16.8 Å². The Bertz CT molecular complexity index is 779. The maximum atomic E-state index is 14.2. The molecular weight excluding hydrogens is 268 g/mol. The summed E-state index contributed by atoms with van der Waals surface area (Å²) in [6, 6.07) is 16.9. The lowest BCUT2D eigenvalue weighted by Gasteiger charge is -2.06. The van der Waals surface area contributed by atoms with Gasteiger partial charge in [-0.25, -0.2) is 9.37 Å². The quantitative estimate of drug-likeness (QED) is 0.602. The van der Waals surface area contributed by atoms with Gasteiger partial charge in [0.1, 0.15) is 5.82 Å². The smallest absolute Gasteiger partial charge is 0.219 e. The molecule has 3 heteroatoms. The molecule has 0 atom stereocenters. The summed E-state index contributed by atoms with van der Waals surface area (Å²) in [6.45, 7) is 1.99. The first-order chi connectivity index (χ1) is 10.1. The molecule has 2 aromatic carbocycles. The SMILES string of the molecule is Cc1ccc(-c2ccc(-c3cccc(F)c3)c(F)n2)cc1. The van der Waals surface area contributed by atoms with Crippen molar-refractivity contribution in [3.05, 3.63) is 78.0 Å². The van der Waals surface area contributed by atoms with Gasteiger partial charge < -0.3 is 0 Å². The zero-order valence-electron chi connectivity index (χ0n) is 11.5. The van der Waals surface area contributed by atoms with E-state index < -0.39 is 11.8 Å². The van der Waals surface area contributed by atoms with Crippen molar-refractivity contribution in [1.29, 1.82) is 0 Å². The van der Waals surface area contributed by atoms with Crippen molar-refractivity contribution < 1.29 is 8.78 Å². The van der Waals surface area contributed by atoms with E-state index in [-0.39, 0.29) is 0 Å². The largest absolute Gasteiger partial charge is 0.221 e. The molecule has 3 rings (SSSR count). The average molecular weight is 281 g/mol. The lowest BCUT2D eigenvalue weighted by Crippen LogP contribution is -1.92. The van der Waals surface area contributed by atoms with Crippen molar-refractivity contribution in [3.63, 3.8) is 0 Å². The first-order valence-electron chi connectivity index (χ1n) is 6.63. The maximum Gasteiger partial charge on any atom is 0.221 e. The first-order valence-corrected chi connectivity index (χ1v) is 6.63. The van der Waals surface area contributed by atoms with E-state index in [0.717, 1.165) is 11.1 Å². The normalized spacial score (nSPS) is 10.6. The molecule has 0 unspecified atom stereocenters. The van der Waals surface area contributed by atoms with Gasteiger partial charge in [-0.3, -0.25) is 0 Å². The molecule has 21 heavy (non-hydrogen) atoms. The highest BCUT2D eigenvalue weighted by atomic mass is 19.1. The minimum absolute atomic E-state index is 0.297. The number of halogens is 2. The van der Waals surface area contributed by atoms with E-state index >= 15 is 0 Å². The van der Waals surface area contributed by atoms with Crippen LogP contribution in [0, 0.1) is 18.7 Å². The molecule has 0 saturated heterocycles. The second-order valence-corrected chi connectivity index (χ2v) is 4.91. The highest BCUT2D eigenvalue weighted by molar-refractivity contribution is 5.67. The Morgan fingerprint density at radius 1 is 0.810 bits per heavy atom. The van der Waals surface area contributed by atoms with E-state index in [1.54, 1.807) is 24.3 Å². The number of hydrogen-bond acceptors (Lipinski definition) is 1. The molecule has 3 aromatic rings. The average Bonchev–Trinajstić information content (AvgIpc) is 2.48. The summed E-state index contributed by atoms with van der Waals surface area (Å²) >= 11 is 0. The number of benzene rings is 2. The van der Waals surface area contributed by atoms with E-state index in [9.17, 15) is 8.78 Å². The Labute approximate surface area is 121 Å². The fraction of sp³-hybridized carbons (Fsp3) is 0.0556. The van der Waals surface area contributed by atoms with Gasteiger partial charge in [-0.05, 0) is 36.8 Å². The third kappa shape index (κ3) is 2.82. The van der Waals surface area contributed by atoms with Gasteiger partial charge in [0.15, 0.2) is 0 Å². The Hall–Kier alpha value is -2.55. The highest BCUT2D eigenvalue weighted by Crippen LogP contribution is 2.26. The first kappa shape index (κ1) is 13.4. The van der Waals surface area contributed by atoms with Crippen molar-refractivity contribution >= 4 is 0 Å². The van der Waals surface area contributed by atoms with Crippen molar-refractivity contribution in [2.24, 2.45) is 0 Å². The molecule has 0 aliphatic rings.